The summed E-state index contributed by atoms with van der Waals surface area (Å²) in [6, 6.07) is 0. The Kier molecular flexibility index (Phi) is 2.94. The van der Waals surface area contributed by atoms with Crippen LogP contribution in [0, 0.1) is 0 Å². The third kappa shape index (κ3) is 2.62. The van der Waals surface area contributed by atoms with Crippen LogP contribution in [0.5, 0.6) is 0 Å². The van der Waals surface area contributed by atoms with Gasteiger partial charge in [0.15, 0.2) is 0 Å². The van der Waals surface area contributed by atoms with Crippen molar-refractivity contribution in [2.45, 2.75) is 11.9 Å². The van der Waals surface area contributed by atoms with Gasteiger partial charge in [-0.3, -0.25) is 0 Å². The zero-order valence-corrected chi connectivity index (χ0v) is 8.23. The number of allylic oxidation sites excluding steroid dienone is 3. The standard InChI is InChI=1S/C8H7F3O3S/c1-6-4-2-3-5-7(6)14-15(12,13)8(9,10)11/h2,4-5H,1,3H2. The first-order valence-corrected chi connectivity index (χ1v) is 5.21. The van der Waals surface area contributed by atoms with Gasteiger partial charge in [-0.25, -0.2) is 0 Å². The Morgan fingerprint density at radius 1 is 1.40 bits per heavy atom. The molecular weight excluding hydrogens is 233 g/mol. The second-order valence-corrected chi connectivity index (χ2v) is 4.25. The Morgan fingerprint density at radius 2 is 2.00 bits per heavy atom. The average molecular weight is 240 g/mol. The van der Waals surface area contributed by atoms with E-state index in [0.717, 1.165) is 0 Å². The maximum atomic E-state index is 11.9. The van der Waals surface area contributed by atoms with Crippen molar-refractivity contribution in [1.82, 2.24) is 0 Å². The van der Waals surface area contributed by atoms with Gasteiger partial charge >= 0.3 is 15.6 Å². The van der Waals surface area contributed by atoms with Crippen LogP contribution in [0.1, 0.15) is 6.42 Å². The van der Waals surface area contributed by atoms with Crippen LogP contribution < -0.4 is 0 Å². The Bertz CT molecular complexity index is 429. The lowest BCUT2D eigenvalue weighted by atomic mass is 10.1. The first-order chi connectivity index (χ1) is 6.74. The third-order valence-electron chi connectivity index (χ3n) is 1.56. The second-order valence-electron chi connectivity index (χ2n) is 2.71. The first kappa shape index (κ1) is 11.8. The number of rotatable bonds is 2. The summed E-state index contributed by atoms with van der Waals surface area (Å²) in [5.41, 5.74) is -5.33. The molecule has 1 rings (SSSR count). The molecule has 0 fully saturated rings. The molecule has 0 atom stereocenters. The monoisotopic (exact) mass is 240 g/mol. The van der Waals surface area contributed by atoms with Crippen molar-refractivity contribution in [2.75, 3.05) is 0 Å². The van der Waals surface area contributed by atoms with Gasteiger partial charge in [0.05, 0.1) is 0 Å². The van der Waals surface area contributed by atoms with E-state index < -0.39 is 15.6 Å². The highest BCUT2D eigenvalue weighted by molar-refractivity contribution is 7.87. The van der Waals surface area contributed by atoms with Crippen LogP contribution in [-0.4, -0.2) is 13.9 Å². The van der Waals surface area contributed by atoms with E-state index in [0.29, 0.717) is 6.42 Å². The minimum Gasteiger partial charge on any atom is -0.376 e. The van der Waals surface area contributed by atoms with Crippen molar-refractivity contribution in [1.29, 1.82) is 0 Å². The zero-order valence-electron chi connectivity index (χ0n) is 7.41. The fourth-order valence-corrected chi connectivity index (χ4v) is 1.36. The van der Waals surface area contributed by atoms with Gasteiger partial charge in [-0.05, 0) is 12.5 Å². The minimum atomic E-state index is -5.59. The van der Waals surface area contributed by atoms with E-state index >= 15 is 0 Å². The van der Waals surface area contributed by atoms with Crippen molar-refractivity contribution in [3.05, 3.63) is 36.1 Å². The normalized spacial score (nSPS) is 17.5. The summed E-state index contributed by atoms with van der Waals surface area (Å²) in [4.78, 5) is 0. The molecule has 0 bridgehead atoms. The summed E-state index contributed by atoms with van der Waals surface area (Å²) in [5.74, 6) is -0.380. The Balaban J connectivity index is 2.89. The molecule has 1 aliphatic carbocycles. The maximum absolute atomic E-state index is 11.9. The van der Waals surface area contributed by atoms with Crippen LogP contribution in [0.25, 0.3) is 0 Å². The largest absolute Gasteiger partial charge is 0.534 e. The van der Waals surface area contributed by atoms with Crippen LogP contribution in [0.2, 0.25) is 0 Å². The van der Waals surface area contributed by atoms with Crippen LogP contribution in [-0.2, 0) is 14.3 Å². The third-order valence-corrected chi connectivity index (χ3v) is 2.52. The van der Waals surface area contributed by atoms with E-state index in [2.05, 4.69) is 10.8 Å². The van der Waals surface area contributed by atoms with E-state index in [-0.39, 0.29) is 11.3 Å². The van der Waals surface area contributed by atoms with E-state index in [4.69, 9.17) is 0 Å². The highest BCUT2D eigenvalue weighted by atomic mass is 32.2. The van der Waals surface area contributed by atoms with E-state index in [1.54, 1.807) is 6.08 Å². The van der Waals surface area contributed by atoms with E-state index in [9.17, 15) is 21.6 Å². The fraction of sp³-hybridized carbons (Fsp3) is 0.250. The molecule has 3 nitrogen and oxygen atoms in total. The lowest BCUT2D eigenvalue weighted by Gasteiger charge is -2.14. The molecule has 0 unspecified atom stereocenters. The van der Waals surface area contributed by atoms with Crippen molar-refractivity contribution < 1.29 is 25.8 Å². The molecule has 0 heterocycles. The molecule has 0 N–H and O–H groups in total. The highest BCUT2D eigenvalue weighted by Crippen LogP contribution is 2.29. The van der Waals surface area contributed by atoms with Crippen LogP contribution >= 0.6 is 0 Å². The molecular formula is C8H7F3O3S. The fourth-order valence-electron chi connectivity index (χ4n) is 0.852. The van der Waals surface area contributed by atoms with Gasteiger partial charge < -0.3 is 4.18 Å². The zero-order chi connectivity index (χ0) is 11.7. The number of halogens is 3. The Morgan fingerprint density at radius 3 is 2.47 bits per heavy atom. The first-order valence-electron chi connectivity index (χ1n) is 3.81. The van der Waals surface area contributed by atoms with Gasteiger partial charge in [0.25, 0.3) is 0 Å². The number of alkyl halides is 3. The topological polar surface area (TPSA) is 43.4 Å². The summed E-state index contributed by atoms with van der Waals surface area (Å²) in [6.45, 7) is 3.35. The molecule has 0 radical (unpaired) electrons. The molecule has 1 aliphatic rings. The summed E-state index contributed by atoms with van der Waals surface area (Å²) in [7, 11) is -5.59. The van der Waals surface area contributed by atoms with Crippen LogP contribution in [0.3, 0.4) is 0 Å². The van der Waals surface area contributed by atoms with Gasteiger partial charge in [0.1, 0.15) is 5.76 Å². The quantitative estimate of drug-likeness (QED) is 0.549. The predicted octanol–water partition coefficient (Wildman–Crippen LogP) is 2.25. The molecule has 0 saturated heterocycles. The number of hydrogen-bond donors (Lipinski definition) is 0. The van der Waals surface area contributed by atoms with Crippen molar-refractivity contribution >= 4 is 10.1 Å². The highest BCUT2D eigenvalue weighted by Gasteiger charge is 2.48. The number of hydrogen-bond acceptors (Lipinski definition) is 3. The van der Waals surface area contributed by atoms with Crippen LogP contribution in [0.4, 0.5) is 13.2 Å². The summed E-state index contributed by atoms with van der Waals surface area (Å²) in [6.07, 6.45) is 4.53. The maximum Gasteiger partial charge on any atom is 0.534 e. The van der Waals surface area contributed by atoms with Crippen LogP contribution in [0.15, 0.2) is 36.1 Å². The van der Waals surface area contributed by atoms with Gasteiger partial charge in [0, 0.05) is 5.57 Å². The van der Waals surface area contributed by atoms with Crippen molar-refractivity contribution in [3.63, 3.8) is 0 Å². The van der Waals surface area contributed by atoms with Crippen molar-refractivity contribution in [3.8, 4) is 0 Å². The molecule has 0 aromatic carbocycles. The summed E-state index contributed by atoms with van der Waals surface area (Å²) < 4.78 is 60.9. The summed E-state index contributed by atoms with van der Waals surface area (Å²) >= 11 is 0. The van der Waals surface area contributed by atoms with Crippen molar-refractivity contribution in [2.24, 2.45) is 0 Å². The molecule has 7 heteroatoms. The molecule has 0 aliphatic heterocycles. The van der Waals surface area contributed by atoms with E-state index in [1.165, 1.54) is 12.2 Å². The average Bonchev–Trinajstić information content (AvgIpc) is 2.06. The lowest BCUT2D eigenvalue weighted by Crippen LogP contribution is -2.25. The predicted molar refractivity (Wildman–Crippen MR) is 47.0 cm³/mol. The molecule has 0 spiro atoms. The lowest BCUT2D eigenvalue weighted by molar-refractivity contribution is -0.0520. The van der Waals surface area contributed by atoms with Gasteiger partial charge in [-0.15, -0.1) is 0 Å². The van der Waals surface area contributed by atoms with E-state index in [1.807, 2.05) is 0 Å². The SMILES string of the molecule is C=C1C=CCC=C1OS(=O)(=O)C(F)(F)F. The molecule has 0 aromatic rings. The van der Waals surface area contributed by atoms with Gasteiger partial charge in [-0.2, -0.15) is 21.6 Å². The molecule has 0 amide bonds. The minimum absolute atomic E-state index is 0.0917. The molecule has 0 aromatic heterocycles. The van der Waals surface area contributed by atoms with Gasteiger partial charge in [-0.1, -0.05) is 18.7 Å². The molecule has 0 saturated carbocycles. The molecule has 15 heavy (non-hydrogen) atoms. The molecule has 84 valence electrons. The second kappa shape index (κ2) is 3.73. The smallest absolute Gasteiger partial charge is 0.376 e. The summed E-state index contributed by atoms with van der Waals surface area (Å²) in [5, 5.41) is 0. The Hall–Kier alpha value is -1.24. The van der Waals surface area contributed by atoms with Gasteiger partial charge in [0.2, 0.25) is 0 Å². The Labute approximate surface area is 84.7 Å².